The summed E-state index contributed by atoms with van der Waals surface area (Å²) in [5.74, 6) is 0. The average molecular weight is 356 g/mol. The highest BCUT2D eigenvalue weighted by atomic mass is 19.4. The Morgan fingerprint density at radius 2 is 1.88 bits per heavy atom. The molecule has 0 saturated heterocycles. The van der Waals surface area contributed by atoms with Crippen LogP contribution < -0.4 is 5.56 Å². The molecule has 0 aliphatic heterocycles. The van der Waals surface area contributed by atoms with Gasteiger partial charge in [0.05, 0.1) is 16.8 Å². The van der Waals surface area contributed by atoms with Crippen molar-refractivity contribution in [2.45, 2.75) is 6.18 Å². The Bertz CT molecular complexity index is 1160. The summed E-state index contributed by atoms with van der Waals surface area (Å²) in [6, 6.07) is 11.3. The van der Waals surface area contributed by atoms with Gasteiger partial charge in [-0.25, -0.2) is 4.68 Å². The van der Waals surface area contributed by atoms with Crippen molar-refractivity contribution >= 4 is 11.0 Å². The Balaban J connectivity index is 1.97. The van der Waals surface area contributed by atoms with Crippen molar-refractivity contribution in [3.63, 3.8) is 0 Å². The lowest BCUT2D eigenvalue weighted by molar-refractivity contribution is -0.137. The predicted molar refractivity (Wildman–Crippen MR) is 89.9 cm³/mol. The summed E-state index contributed by atoms with van der Waals surface area (Å²) in [6.45, 7) is 0. The van der Waals surface area contributed by atoms with E-state index in [1.807, 2.05) is 0 Å². The van der Waals surface area contributed by atoms with Gasteiger partial charge in [0, 0.05) is 24.0 Å². The lowest BCUT2D eigenvalue weighted by Crippen LogP contribution is -2.06. The first-order chi connectivity index (χ1) is 12.4. The number of benzene rings is 1. The van der Waals surface area contributed by atoms with Crippen LogP contribution in [0.1, 0.15) is 5.56 Å². The Kier molecular flexibility index (Phi) is 3.61. The average Bonchev–Trinajstić information content (AvgIpc) is 3.01. The van der Waals surface area contributed by atoms with E-state index in [0.717, 1.165) is 12.1 Å². The van der Waals surface area contributed by atoms with E-state index in [0.29, 0.717) is 22.3 Å². The highest BCUT2D eigenvalue weighted by Gasteiger charge is 2.30. The third-order valence-electron chi connectivity index (χ3n) is 3.91. The summed E-state index contributed by atoms with van der Waals surface area (Å²) in [6.07, 6.45) is -1.40. The number of pyridine rings is 2. The summed E-state index contributed by atoms with van der Waals surface area (Å²) in [5, 5.41) is 4.43. The van der Waals surface area contributed by atoms with Gasteiger partial charge in [0.25, 0.3) is 0 Å². The van der Waals surface area contributed by atoms with E-state index in [1.165, 1.54) is 29.1 Å². The molecule has 4 rings (SSSR count). The van der Waals surface area contributed by atoms with Crippen molar-refractivity contribution in [1.29, 1.82) is 0 Å². The van der Waals surface area contributed by atoms with Crippen LogP contribution >= 0.6 is 0 Å². The Labute approximate surface area is 144 Å². The molecule has 130 valence electrons. The van der Waals surface area contributed by atoms with Crippen molar-refractivity contribution in [2.24, 2.45) is 0 Å². The van der Waals surface area contributed by atoms with E-state index in [-0.39, 0.29) is 11.2 Å². The number of nitrogens with zero attached hydrogens (tertiary/aromatic N) is 3. The van der Waals surface area contributed by atoms with Crippen molar-refractivity contribution in [2.75, 3.05) is 0 Å². The highest BCUT2D eigenvalue weighted by molar-refractivity contribution is 5.90. The van der Waals surface area contributed by atoms with Crippen LogP contribution in [0.2, 0.25) is 0 Å². The second-order valence-corrected chi connectivity index (χ2v) is 5.62. The molecule has 0 saturated carbocycles. The van der Waals surface area contributed by atoms with Gasteiger partial charge in [0.15, 0.2) is 0 Å². The lowest BCUT2D eigenvalue weighted by Gasteiger charge is -2.09. The molecule has 8 heteroatoms. The molecule has 26 heavy (non-hydrogen) atoms. The Hall–Kier alpha value is -3.42. The highest BCUT2D eigenvalue weighted by Crippen LogP contribution is 2.32. The minimum absolute atomic E-state index is 0.258. The number of rotatable bonds is 2. The molecular formula is C18H11F3N4O. The normalized spacial score (nSPS) is 11.8. The van der Waals surface area contributed by atoms with Crippen LogP contribution in [0.4, 0.5) is 13.2 Å². The molecule has 0 radical (unpaired) electrons. The first kappa shape index (κ1) is 16.1. The molecular weight excluding hydrogens is 345 g/mol. The first-order valence-electron chi connectivity index (χ1n) is 7.64. The molecule has 0 unspecified atom stereocenters. The molecule has 1 N–H and O–H groups in total. The third-order valence-corrected chi connectivity index (χ3v) is 3.91. The van der Waals surface area contributed by atoms with Crippen LogP contribution in [0.15, 0.2) is 65.7 Å². The van der Waals surface area contributed by atoms with Gasteiger partial charge >= 0.3 is 6.18 Å². The zero-order valence-corrected chi connectivity index (χ0v) is 13.2. The van der Waals surface area contributed by atoms with E-state index >= 15 is 0 Å². The first-order valence-corrected chi connectivity index (χ1v) is 7.64. The van der Waals surface area contributed by atoms with E-state index in [2.05, 4.69) is 15.1 Å². The molecule has 0 bridgehead atoms. The standard InChI is InChI=1S/C18H11F3N4O/c19-18(20,21)12-3-1-4-13(10-12)25-14-5-2-7-23-17(14)16(24-25)11-6-8-22-15(26)9-11/h1-10H,(H,22,26). The Morgan fingerprint density at radius 3 is 2.65 bits per heavy atom. The lowest BCUT2D eigenvalue weighted by atomic mass is 10.1. The number of fused-ring (bicyclic) bond motifs is 1. The molecule has 0 atom stereocenters. The van der Waals surface area contributed by atoms with Crippen LogP contribution in [0, 0.1) is 0 Å². The van der Waals surface area contributed by atoms with Crippen LogP contribution in [-0.2, 0) is 6.18 Å². The van der Waals surface area contributed by atoms with Crippen molar-refractivity contribution in [1.82, 2.24) is 19.7 Å². The smallest absolute Gasteiger partial charge is 0.329 e. The minimum Gasteiger partial charge on any atom is -0.329 e. The molecule has 0 aliphatic rings. The topological polar surface area (TPSA) is 63.6 Å². The van der Waals surface area contributed by atoms with E-state index < -0.39 is 11.7 Å². The zero-order chi connectivity index (χ0) is 18.3. The van der Waals surface area contributed by atoms with Crippen molar-refractivity contribution in [3.8, 4) is 16.9 Å². The van der Waals surface area contributed by atoms with Gasteiger partial charge in [-0.05, 0) is 36.4 Å². The van der Waals surface area contributed by atoms with Gasteiger partial charge in [-0.1, -0.05) is 6.07 Å². The van der Waals surface area contributed by atoms with Crippen LogP contribution in [0.3, 0.4) is 0 Å². The summed E-state index contributed by atoms with van der Waals surface area (Å²) in [5.41, 5.74) is 1.18. The number of aromatic nitrogens is 4. The number of halogens is 3. The molecule has 0 fully saturated rings. The van der Waals surface area contributed by atoms with Crippen molar-refractivity contribution in [3.05, 3.63) is 76.8 Å². The van der Waals surface area contributed by atoms with Gasteiger partial charge in [-0.3, -0.25) is 9.78 Å². The van der Waals surface area contributed by atoms with Gasteiger partial charge < -0.3 is 4.98 Å². The molecule has 4 aromatic rings. The Morgan fingerprint density at radius 1 is 1.04 bits per heavy atom. The number of H-pyrrole nitrogens is 1. The third kappa shape index (κ3) is 2.75. The molecule has 0 amide bonds. The maximum Gasteiger partial charge on any atom is 0.416 e. The van der Waals surface area contributed by atoms with Crippen LogP contribution in [0.5, 0.6) is 0 Å². The molecule has 0 spiro atoms. The molecule has 0 aliphatic carbocycles. The minimum atomic E-state index is -4.45. The molecule has 3 heterocycles. The molecule has 3 aromatic heterocycles. The predicted octanol–water partition coefficient (Wildman–Crippen LogP) is 3.79. The fourth-order valence-electron chi connectivity index (χ4n) is 2.75. The largest absolute Gasteiger partial charge is 0.416 e. The summed E-state index contributed by atoms with van der Waals surface area (Å²) in [7, 11) is 0. The van der Waals surface area contributed by atoms with Gasteiger partial charge in [0.1, 0.15) is 11.2 Å². The van der Waals surface area contributed by atoms with Gasteiger partial charge in [-0.15, -0.1) is 0 Å². The summed E-state index contributed by atoms with van der Waals surface area (Å²) < 4.78 is 40.5. The van der Waals surface area contributed by atoms with Gasteiger partial charge in [0.2, 0.25) is 5.56 Å². The molecule has 5 nitrogen and oxygen atoms in total. The van der Waals surface area contributed by atoms with Crippen LogP contribution in [-0.4, -0.2) is 19.7 Å². The molecule has 1 aromatic carbocycles. The number of nitrogens with one attached hydrogen (secondary N) is 1. The maximum absolute atomic E-state index is 13.0. The van der Waals surface area contributed by atoms with E-state index in [4.69, 9.17) is 0 Å². The van der Waals surface area contributed by atoms with E-state index in [1.54, 1.807) is 24.4 Å². The number of aromatic amines is 1. The zero-order valence-electron chi connectivity index (χ0n) is 13.2. The monoisotopic (exact) mass is 356 g/mol. The maximum atomic E-state index is 13.0. The summed E-state index contributed by atoms with van der Waals surface area (Å²) >= 11 is 0. The SMILES string of the molecule is O=c1cc(-c2nn(-c3cccc(C(F)(F)F)c3)c3cccnc23)cc[nH]1. The summed E-state index contributed by atoms with van der Waals surface area (Å²) in [4.78, 5) is 18.4. The fourth-order valence-corrected chi connectivity index (χ4v) is 2.75. The second-order valence-electron chi connectivity index (χ2n) is 5.62. The fraction of sp³-hybridized carbons (Fsp3) is 0.0556. The van der Waals surface area contributed by atoms with Crippen LogP contribution in [0.25, 0.3) is 28.0 Å². The number of alkyl halides is 3. The van der Waals surface area contributed by atoms with Crippen molar-refractivity contribution < 1.29 is 13.2 Å². The second kappa shape index (κ2) is 5.83. The number of hydrogen-bond donors (Lipinski definition) is 1. The van der Waals surface area contributed by atoms with E-state index in [9.17, 15) is 18.0 Å². The quantitative estimate of drug-likeness (QED) is 0.594. The van der Waals surface area contributed by atoms with Gasteiger partial charge in [-0.2, -0.15) is 18.3 Å². The number of hydrogen-bond acceptors (Lipinski definition) is 3.